The summed E-state index contributed by atoms with van der Waals surface area (Å²) in [7, 11) is -3.20. The Morgan fingerprint density at radius 1 is 1.23 bits per heavy atom. The maximum Gasteiger partial charge on any atom is 0.223 e. The van der Waals surface area contributed by atoms with Gasteiger partial charge in [0.2, 0.25) is 15.9 Å². The van der Waals surface area contributed by atoms with Crippen LogP contribution in [-0.4, -0.2) is 75.8 Å². The van der Waals surface area contributed by atoms with Crippen molar-refractivity contribution in [3.05, 3.63) is 11.6 Å². The molecule has 4 unspecified atom stereocenters. The van der Waals surface area contributed by atoms with Crippen LogP contribution in [0.5, 0.6) is 0 Å². The van der Waals surface area contributed by atoms with Crippen molar-refractivity contribution in [3.63, 3.8) is 0 Å². The highest BCUT2D eigenvalue weighted by atomic mass is 32.2. The minimum absolute atomic E-state index is 0.191. The fraction of sp³-hybridized carbons (Fsp3) is 0.870. The minimum atomic E-state index is -3.20. The summed E-state index contributed by atoms with van der Waals surface area (Å²) >= 11 is 0. The van der Waals surface area contributed by atoms with Crippen molar-refractivity contribution in [2.24, 2.45) is 23.7 Å². The summed E-state index contributed by atoms with van der Waals surface area (Å²) in [6, 6.07) is 0. The van der Waals surface area contributed by atoms with Gasteiger partial charge >= 0.3 is 0 Å². The van der Waals surface area contributed by atoms with Gasteiger partial charge in [0.15, 0.2) is 0 Å². The number of nitrogens with one attached hydrogen (secondary N) is 1. The zero-order valence-corrected chi connectivity index (χ0v) is 20.7. The molecule has 178 valence electrons. The summed E-state index contributed by atoms with van der Waals surface area (Å²) in [5.41, 5.74) is 1.24. The Kier molecular flexibility index (Phi) is 8.57. The number of sulfonamides is 1. The average Bonchev–Trinajstić information content (AvgIpc) is 2.73. The molecular formula is C23H43N4O3S+. The maximum absolute atomic E-state index is 13.1. The van der Waals surface area contributed by atoms with Gasteiger partial charge in [-0.1, -0.05) is 25.5 Å². The topological polar surface area (TPSA) is 86.3 Å². The van der Waals surface area contributed by atoms with Crippen LogP contribution in [0.25, 0.3) is 0 Å². The fourth-order valence-corrected chi connectivity index (χ4v) is 6.15. The summed E-state index contributed by atoms with van der Waals surface area (Å²) < 4.78 is 25.8. The molecule has 3 aliphatic rings. The van der Waals surface area contributed by atoms with Gasteiger partial charge in [0, 0.05) is 45.6 Å². The van der Waals surface area contributed by atoms with Crippen LogP contribution < -0.4 is 10.0 Å². The molecule has 2 heterocycles. The highest BCUT2D eigenvalue weighted by Gasteiger charge is 2.35. The number of carbonyl (C=O) groups excluding carboxylic acids is 1. The predicted octanol–water partition coefficient (Wildman–Crippen LogP) is 0.998. The number of hydrogen-bond acceptors (Lipinski definition) is 4. The Hall–Kier alpha value is -0.960. The maximum atomic E-state index is 13.1. The van der Waals surface area contributed by atoms with Crippen molar-refractivity contribution in [1.29, 1.82) is 0 Å². The summed E-state index contributed by atoms with van der Waals surface area (Å²) in [6.45, 7) is 11.8. The monoisotopic (exact) mass is 455 g/mol. The smallest absolute Gasteiger partial charge is 0.223 e. The van der Waals surface area contributed by atoms with Gasteiger partial charge in [-0.15, -0.1) is 0 Å². The first-order valence-electron chi connectivity index (χ1n) is 12.1. The number of nitrogens with two attached hydrogens (primary N) is 1. The van der Waals surface area contributed by atoms with Crippen LogP contribution >= 0.6 is 0 Å². The molecule has 3 N–H and O–H groups in total. The largest absolute Gasteiger partial charge is 0.340 e. The summed E-state index contributed by atoms with van der Waals surface area (Å²) in [4.78, 5) is 17.7. The zero-order chi connectivity index (χ0) is 22.6. The SMILES string of the molecule is CC1=CC(CNS(C)(=O)=O)C(C(C)C)CC1CC(=O)N1CCN(C2CCCC[NH2+]2)CC1. The molecule has 31 heavy (non-hydrogen) atoms. The molecule has 1 amide bonds. The molecule has 0 saturated carbocycles. The van der Waals surface area contributed by atoms with Crippen LogP contribution in [0.3, 0.4) is 0 Å². The lowest BCUT2D eigenvalue weighted by Gasteiger charge is -2.40. The van der Waals surface area contributed by atoms with E-state index >= 15 is 0 Å². The van der Waals surface area contributed by atoms with E-state index in [0.29, 0.717) is 31.0 Å². The number of carbonyl (C=O) groups is 1. The first-order valence-corrected chi connectivity index (χ1v) is 14.0. The number of nitrogens with zero attached hydrogens (tertiary/aromatic N) is 2. The van der Waals surface area contributed by atoms with Crippen LogP contribution in [0, 0.1) is 23.7 Å². The van der Waals surface area contributed by atoms with Gasteiger partial charge in [-0.25, -0.2) is 13.1 Å². The molecule has 0 radical (unpaired) electrons. The lowest BCUT2D eigenvalue weighted by Crippen LogP contribution is -2.95. The van der Waals surface area contributed by atoms with Crippen molar-refractivity contribution in [1.82, 2.24) is 14.5 Å². The van der Waals surface area contributed by atoms with E-state index in [1.54, 1.807) is 0 Å². The molecule has 2 saturated heterocycles. The molecule has 0 aromatic carbocycles. The predicted molar refractivity (Wildman–Crippen MR) is 124 cm³/mol. The Labute approximate surface area is 189 Å². The van der Waals surface area contributed by atoms with Crippen molar-refractivity contribution in [3.8, 4) is 0 Å². The molecule has 0 aromatic heterocycles. The van der Waals surface area contributed by atoms with Crippen LogP contribution in [0.2, 0.25) is 0 Å². The van der Waals surface area contributed by atoms with E-state index in [1.165, 1.54) is 37.6 Å². The third-order valence-electron chi connectivity index (χ3n) is 7.61. The minimum Gasteiger partial charge on any atom is -0.340 e. The Balaban J connectivity index is 1.54. The number of piperazine rings is 1. The van der Waals surface area contributed by atoms with Crippen LogP contribution in [-0.2, 0) is 14.8 Å². The van der Waals surface area contributed by atoms with Gasteiger partial charge in [-0.2, -0.15) is 0 Å². The normalized spacial score (nSPS) is 31.0. The van der Waals surface area contributed by atoms with Crippen molar-refractivity contribution < 1.29 is 18.5 Å². The van der Waals surface area contributed by atoms with E-state index in [-0.39, 0.29) is 17.7 Å². The highest BCUT2D eigenvalue weighted by Crippen LogP contribution is 2.39. The van der Waals surface area contributed by atoms with Crippen molar-refractivity contribution in [2.45, 2.75) is 59.0 Å². The number of allylic oxidation sites excluding steroid dienone is 1. The lowest BCUT2D eigenvalue weighted by molar-refractivity contribution is -0.717. The molecule has 0 bridgehead atoms. The van der Waals surface area contributed by atoms with Gasteiger partial charge in [-0.3, -0.25) is 9.69 Å². The summed E-state index contributed by atoms with van der Waals surface area (Å²) in [5, 5.41) is 2.47. The second-order valence-corrected chi connectivity index (χ2v) is 12.1. The standard InChI is InChI=1S/C23H42N4O3S/c1-17(2)21-14-19(18(3)13-20(21)16-25-31(4,29)30)15-23(28)27-11-9-26(10-12-27)22-7-5-6-8-24-22/h13,17,19-22,24-25H,5-12,14-16H2,1-4H3/p+1. The molecule has 0 aromatic rings. The first-order chi connectivity index (χ1) is 14.6. The Morgan fingerprint density at radius 2 is 1.94 bits per heavy atom. The van der Waals surface area contributed by atoms with Gasteiger partial charge < -0.3 is 10.2 Å². The molecule has 0 spiro atoms. The molecule has 2 aliphatic heterocycles. The summed E-state index contributed by atoms with van der Waals surface area (Å²) in [6.07, 6.45) is 9.50. The second-order valence-electron chi connectivity index (χ2n) is 10.2. The van der Waals surface area contributed by atoms with Gasteiger partial charge in [0.1, 0.15) is 6.17 Å². The van der Waals surface area contributed by atoms with E-state index in [1.807, 2.05) is 0 Å². The molecule has 2 fully saturated rings. The number of piperidine rings is 1. The number of hydrogen-bond donors (Lipinski definition) is 2. The average molecular weight is 456 g/mol. The van der Waals surface area contributed by atoms with E-state index in [9.17, 15) is 13.2 Å². The van der Waals surface area contributed by atoms with E-state index in [0.717, 1.165) is 32.6 Å². The molecule has 8 heteroatoms. The highest BCUT2D eigenvalue weighted by molar-refractivity contribution is 7.88. The van der Waals surface area contributed by atoms with Crippen LogP contribution in [0.1, 0.15) is 52.9 Å². The second kappa shape index (κ2) is 10.8. The Bertz CT molecular complexity index is 738. The van der Waals surface area contributed by atoms with Crippen molar-refractivity contribution >= 4 is 15.9 Å². The fourth-order valence-electron chi connectivity index (χ4n) is 5.66. The van der Waals surface area contributed by atoms with Crippen LogP contribution in [0.4, 0.5) is 0 Å². The van der Waals surface area contributed by atoms with E-state index in [4.69, 9.17) is 0 Å². The third kappa shape index (κ3) is 7.01. The summed E-state index contributed by atoms with van der Waals surface area (Å²) in [5.74, 6) is 1.56. The molecule has 4 atom stereocenters. The first kappa shape index (κ1) is 24.7. The molecule has 3 rings (SSSR count). The molecule has 1 aliphatic carbocycles. The van der Waals surface area contributed by atoms with Gasteiger partial charge in [0.05, 0.1) is 12.8 Å². The lowest BCUT2D eigenvalue weighted by atomic mass is 9.70. The van der Waals surface area contributed by atoms with E-state index < -0.39 is 10.0 Å². The number of quaternary nitrogens is 1. The van der Waals surface area contributed by atoms with Gasteiger partial charge in [0.25, 0.3) is 0 Å². The quantitative estimate of drug-likeness (QED) is 0.561. The molecule has 7 nitrogen and oxygen atoms in total. The number of amides is 1. The number of rotatable bonds is 7. The Morgan fingerprint density at radius 3 is 2.52 bits per heavy atom. The van der Waals surface area contributed by atoms with E-state index in [2.05, 4.69) is 46.7 Å². The van der Waals surface area contributed by atoms with Crippen molar-refractivity contribution in [2.75, 3.05) is 45.5 Å². The third-order valence-corrected chi connectivity index (χ3v) is 8.31. The zero-order valence-electron chi connectivity index (χ0n) is 19.8. The molecular weight excluding hydrogens is 412 g/mol. The van der Waals surface area contributed by atoms with Crippen LogP contribution in [0.15, 0.2) is 11.6 Å². The van der Waals surface area contributed by atoms with Gasteiger partial charge in [-0.05, 0) is 49.9 Å².